The van der Waals surface area contributed by atoms with Crippen LogP contribution in [0.1, 0.15) is 43.0 Å². The quantitative estimate of drug-likeness (QED) is 0.333. The molecule has 36 heavy (non-hydrogen) atoms. The fraction of sp³-hybridized carbons (Fsp3) is 0.333. The second kappa shape index (κ2) is 13.0. The number of benzene rings is 3. The van der Waals surface area contributed by atoms with E-state index < -0.39 is 11.6 Å². The minimum Gasteiger partial charge on any atom is -0.350 e. The van der Waals surface area contributed by atoms with Crippen molar-refractivity contribution in [1.29, 1.82) is 0 Å². The van der Waals surface area contributed by atoms with E-state index in [1.54, 1.807) is 16.7 Å². The number of halogens is 1. The smallest absolute Gasteiger partial charge is 0.243 e. The third kappa shape index (κ3) is 8.42. The summed E-state index contributed by atoms with van der Waals surface area (Å²) < 4.78 is 0. The standard InChI is InChI=1S/C30H35ClN2O2S/c1-22-12-8-9-16-25(22)20-36-21-28(34)33(19-24-15-10-11-17-26(24)31)27(29(35)32-30(2,3)4)18-23-13-6-5-7-14-23/h5-17,27H,18-21H2,1-4H3,(H,32,35). The lowest BCUT2D eigenvalue weighted by atomic mass is 10.0. The lowest BCUT2D eigenvalue weighted by molar-refractivity contribution is -0.140. The first-order valence-electron chi connectivity index (χ1n) is 12.1. The van der Waals surface area contributed by atoms with Crippen molar-refractivity contribution < 1.29 is 9.59 Å². The van der Waals surface area contributed by atoms with Crippen LogP contribution in [0.25, 0.3) is 0 Å². The summed E-state index contributed by atoms with van der Waals surface area (Å²) in [7, 11) is 0. The average Bonchev–Trinajstić information content (AvgIpc) is 2.83. The molecule has 3 aromatic carbocycles. The van der Waals surface area contributed by atoms with E-state index in [2.05, 4.69) is 24.4 Å². The Labute approximate surface area is 224 Å². The molecule has 2 amide bonds. The van der Waals surface area contributed by atoms with E-state index in [1.807, 2.05) is 87.5 Å². The summed E-state index contributed by atoms with van der Waals surface area (Å²) >= 11 is 8.05. The lowest BCUT2D eigenvalue weighted by Crippen LogP contribution is -2.54. The molecule has 0 saturated carbocycles. The minimum atomic E-state index is -0.672. The van der Waals surface area contributed by atoms with E-state index in [9.17, 15) is 9.59 Å². The maximum atomic E-state index is 13.7. The second-order valence-corrected chi connectivity index (χ2v) is 11.4. The molecule has 0 aliphatic rings. The maximum absolute atomic E-state index is 13.7. The van der Waals surface area contributed by atoms with Gasteiger partial charge in [0.25, 0.3) is 0 Å². The van der Waals surface area contributed by atoms with Gasteiger partial charge in [0, 0.05) is 29.3 Å². The van der Waals surface area contributed by atoms with Crippen LogP contribution in [0.15, 0.2) is 78.9 Å². The Balaban J connectivity index is 1.89. The van der Waals surface area contributed by atoms with Gasteiger partial charge in [0.05, 0.1) is 5.75 Å². The van der Waals surface area contributed by atoms with Crippen molar-refractivity contribution in [3.63, 3.8) is 0 Å². The summed E-state index contributed by atoms with van der Waals surface area (Å²) in [5.41, 5.74) is 3.80. The Morgan fingerprint density at radius 1 is 0.917 bits per heavy atom. The van der Waals surface area contributed by atoms with Gasteiger partial charge in [-0.3, -0.25) is 9.59 Å². The maximum Gasteiger partial charge on any atom is 0.243 e. The first kappa shape index (κ1) is 27.8. The molecule has 1 unspecified atom stereocenters. The Hall–Kier alpha value is -2.76. The molecule has 4 nitrogen and oxygen atoms in total. The van der Waals surface area contributed by atoms with E-state index in [0.29, 0.717) is 11.4 Å². The number of nitrogens with one attached hydrogen (secondary N) is 1. The van der Waals surface area contributed by atoms with Crippen molar-refractivity contribution >= 4 is 35.2 Å². The number of hydrogen-bond donors (Lipinski definition) is 1. The number of thioether (sulfide) groups is 1. The molecule has 0 heterocycles. The van der Waals surface area contributed by atoms with E-state index in [1.165, 1.54) is 11.1 Å². The van der Waals surface area contributed by atoms with Gasteiger partial charge in [0.1, 0.15) is 6.04 Å². The van der Waals surface area contributed by atoms with Gasteiger partial charge < -0.3 is 10.2 Å². The van der Waals surface area contributed by atoms with Gasteiger partial charge in [-0.1, -0.05) is 84.4 Å². The van der Waals surface area contributed by atoms with Gasteiger partial charge in [-0.25, -0.2) is 0 Å². The van der Waals surface area contributed by atoms with Gasteiger partial charge in [0.2, 0.25) is 11.8 Å². The molecular weight excluding hydrogens is 488 g/mol. The number of amides is 2. The van der Waals surface area contributed by atoms with Crippen LogP contribution < -0.4 is 5.32 Å². The van der Waals surface area contributed by atoms with Crippen molar-refractivity contribution in [2.45, 2.75) is 58.0 Å². The van der Waals surface area contributed by atoms with Crippen LogP contribution in [0, 0.1) is 6.92 Å². The van der Waals surface area contributed by atoms with Crippen LogP contribution in [-0.4, -0.2) is 34.0 Å². The summed E-state index contributed by atoms with van der Waals surface area (Å²) in [6.45, 7) is 8.18. The Morgan fingerprint density at radius 2 is 1.53 bits per heavy atom. The minimum absolute atomic E-state index is 0.0847. The van der Waals surface area contributed by atoms with Crippen LogP contribution in [0.2, 0.25) is 5.02 Å². The largest absolute Gasteiger partial charge is 0.350 e. The fourth-order valence-electron chi connectivity index (χ4n) is 3.92. The number of carbonyl (C=O) groups is 2. The highest BCUT2D eigenvalue weighted by Crippen LogP contribution is 2.23. The molecule has 0 aliphatic heterocycles. The van der Waals surface area contributed by atoms with Crippen molar-refractivity contribution in [2.75, 3.05) is 5.75 Å². The van der Waals surface area contributed by atoms with Crippen LogP contribution in [0.4, 0.5) is 0 Å². The molecule has 0 saturated heterocycles. The first-order valence-corrected chi connectivity index (χ1v) is 13.7. The van der Waals surface area contributed by atoms with E-state index in [-0.39, 0.29) is 24.1 Å². The molecule has 1 N–H and O–H groups in total. The molecule has 1 atom stereocenters. The van der Waals surface area contributed by atoms with Crippen molar-refractivity contribution in [1.82, 2.24) is 10.2 Å². The molecule has 190 valence electrons. The van der Waals surface area contributed by atoms with Crippen molar-refractivity contribution in [2.24, 2.45) is 0 Å². The highest BCUT2D eigenvalue weighted by molar-refractivity contribution is 7.99. The Morgan fingerprint density at radius 3 is 2.17 bits per heavy atom. The van der Waals surface area contributed by atoms with Gasteiger partial charge in [-0.2, -0.15) is 0 Å². The molecule has 0 radical (unpaired) electrons. The van der Waals surface area contributed by atoms with E-state index >= 15 is 0 Å². The highest BCUT2D eigenvalue weighted by Gasteiger charge is 2.32. The second-order valence-electron chi connectivity index (χ2n) is 9.98. The SMILES string of the molecule is Cc1ccccc1CSCC(=O)N(Cc1ccccc1Cl)C(Cc1ccccc1)C(=O)NC(C)(C)C. The van der Waals surface area contributed by atoms with Gasteiger partial charge in [0.15, 0.2) is 0 Å². The number of rotatable bonds is 10. The molecule has 0 aliphatic carbocycles. The molecule has 0 fully saturated rings. The summed E-state index contributed by atoms with van der Waals surface area (Å²) in [5.74, 6) is 0.747. The predicted molar refractivity (Wildman–Crippen MR) is 151 cm³/mol. The van der Waals surface area contributed by atoms with Crippen LogP contribution in [-0.2, 0) is 28.3 Å². The Bertz CT molecular complexity index is 1160. The predicted octanol–water partition coefficient (Wildman–Crippen LogP) is 6.44. The average molecular weight is 523 g/mol. The van der Waals surface area contributed by atoms with E-state index in [4.69, 9.17) is 11.6 Å². The lowest BCUT2D eigenvalue weighted by Gasteiger charge is -2.34. The zero-order valence-electron chi connectivity index (χ0n) is 21.5. The number of aryl methyl sites for hydroxylation is 1. The van der Waals surface area contributed by atoms with Crippen LogP contribution in [0.3, 0.4) is 0 Å². The van der Waals surface area contributed by atoms with Gasteiger partial charge in [-0.05, 0) is 56.0 Å². The fourth-order valence-corrected chi connectivity index (χ4v) is 5.10. The summed E-state index contributed by atoms with van der Waals surface area (Å²) in [6, 6.07) is 24.8. The van der Waals surface area contributed by atoms with Crippen molar-refractivity contribution in [3.05, 3.63) is 106 Å². The topological polar surface area (TPSA) is 49.4 Å². The molecule has 6 heteroatoms. The zero-order chi connectivity index (χ0) is 26.1. The molecule has 3 aromatic rings. The summed E-state index contributed by atoms with van der Waals surface area (Å²) in [4.78, 5) is 29.0. The highest BCUT2D eigenvalue weighted by atomic mass is 35.5. The van der Waals surface area contributed by atoms with Gasteiger partial charge in [-0.15, -0.1) is 11.8 Å². The molecular formula is C30H35ClN2O2S. The molecule has 0 spiro atoms. The summed E-state index contributed by atoms with van der Waals surface area (Å²) in [5, 5.41) is 3.67. The monoisotopic (exact) mass is 522 g/mol. The molecule has 3 rings (SSSR count). The van der Waals surface area contributed by atoms with Gasteiger partial charge >= 0.3 is 0 Å². The Kier molecular flexibility index (Phi) is 10.0. The van der Waals surface area contributed by atoms with Crippen LogP contribution in [0.5, 0.6) is 0 Å². The number of nitrogens with zero attached hydrogens (tertiary/aromatic N) is 1. The summed E-state index contributed by atoms with van der Waals surface area (Å²) in [6.07, 6.45) is 0.418. The zero-order valence-corrected chi connectivity index (χ0v) is 23.0. The molecule has 0 aromatic heterocycles. The van der Waals surface area contributed by atoms with Crippen molar-refractivity contribution in [3.8, 4) is 0 Å². The van der Waals surface area contributed by atoms with Crippen LogP contribution >= 0.6 is 23.4 Å². The number of hydrogen-bond acceptors (Lipinski definition) is 3. The normalized spacial score (nSPS) is 12.1. The third-order valence-electron chi connectivity index (χ3n) is 5.81. The number of carbonyl (C=O) groups excluding carboxylic acids is 2. The first-order chi connectivity index (χ1) is 17.1. The molecule has 0 bridgehead atoms. The third-order valence-corrected chi connectivity index (χ3v) is 7.15. The van der Waals surface area contributed by atoms with E-state index in [0.717, 1.165) is 16.9 Å².